The number of morpholine rings is 1. The van der Waals surface area contributed by atoms with Crippen molar-refractivity contribution in [2.75, 3.05) is 39.1 Å². The Kier molecular flexibility index (Phi) is 4.66. The average Bonchev–Trinajstić information content (AvgIpc) is 2.56. The fourth-order valence-electron chi connectivity index (χ4n) is 3.70. The Morgan fingerprint density at radius 3 is 2.52 bits per heavy atom. The van der Waals surface area contributed by atoms with Crippen LogP contribution in [0.15, 0.2) is 18.2 Å². The van der Waals surface area contributed by atoms with Crippen LogP contribution in [-0.4, -0.2) is 44.4 Å². The summed E-state index contributed by atoms with van der Waals surface area (Å²) in [7, 11) is 1.69. The number of nitrogen functional groups attached to an aromatic ring is 1. The van der Waals surface area contributed by atoms with E-state index in [4.69, 9.17) is 15.2 Å². The van der Waals surface area contributed by atoms with Gasteiger partial charge in [0, 0.05) is 19.1 Å². The molecule has 2 fully saturated rings. The van der Waals surface area contributed by atoms with Crippen molar-refractivity contribution in [2.24, 2.45) is 0 Å². The Morgan fingerprint density at radius 2 is 1.86 bits per heavy atom. The smallest absolute Gasteiger partial charge is 0.142 e. The van der Waals surface area contributed by atoms with E-state index in [1.807, 2.05) is 6.07 Å². The molecule has 0 bridgehead atoms. The van der Waals surface area contributed by atoms with Gasteiger partial charge in [-0.25, -0.2) is 0 Å². The van der Waals surface area contributed by atoms with E-state index < -0.39 is 0 Å². The highest BCUT2D eigenvalue weighted by Crippen LogP contribution is 2.37. The molecule has 4 nitrogen and oxygen atoms in total. The number of rotatable bonds is 3. The Morgan fingerprint density at radius 1 is 1.14 bits per heavy atom. The number of nitrogens with zero attached hydrogens (tertiary/aromatic N) is 1. The number of ether oxygens (including phenoxy) is 2. The predicted octanol–water partition coefficient (Wildman–Crippen LogP) is 2.64. The van der Waals surface area contributed by atoms with Crippen molar-refractivity contribution in [3.8, 4) is 5.75 Å². The van der Waals surface area contributed by atoms with E-state index >= 15 is 0 Å². The molecule has 0 aromatic heterocycles. The van der Waals surface area contributed by atoms with Gasteiger partial charge in [0.2, 0.25) is 0 Å². The molecule has 0 spiro atoms. The lowest BCUT2D eigenvalue weighted by atomic mass is 9.81. The van der Waals surface area contributed by atoms with E-state index in [0.29, 0.717) is 5.92 Å². The third kappa shape index (κ3) is 3.33. The van der Waals surface area contributed by atoms with E-state index in [1.165, 1.54) is 31.2 Å². The summed E-state index contributed by atoms with van der Waals surface area (Å²) < 4.78 is 10.8. The van der Waals surface area contributed by atoms with Crippen LogP contribution in [0.3, 0.4) is 0 Å². The van der Waals surface area contributed by atoms with Crippen molar-refractivity contribution >= 4 is 5.69 Å². The first kappa shape index (κ1) is 14.7. The summed E-state index contributed by atoms with van der Waals surface area (Å²) in [5.41, 5.74) is 8.01. The second-order valence-electron chi connectivity index (χ2n) is 6.16. The van der Waals surface area contributed by atoms with E-state index in [-0.39, 0.29) is 0 Å². The van der Waals surface area contributed by atoms with E-state index in [9.17, 15) is 0 Å². The van der Waals surface area contributed by atoms with Crippen LogP contribution in [0.2, 0.25) is 0 Å². The van der Waals surface area contributed by atoms with Gasteiger partial charge in [-0.15, -0.1) is 0 Å². The molecule has 2 N–H and O–H groups in total. The maximum absolute atomic E-state index is 5.91. The molecule has 21 heavy (non-hydrogen) atoms. The maximum atomic E-state index is 5.91. The average molecular weight is 290 g/mol. The van der Waals surface area contributed by atoms with Gasteiger partial charge < -0.3 is 15.2 Å². The SMILES string of the molecule is COc1cc([C@H]2CC[C@@H](N3CCOCC3)CC2)ccc1N. The van der Waals surface area contributed by atoms with Crippen molar-refractivity contribution in [1.82, 2.24) is 4.90 Å². The molecule has 3 rings (SSSR count). The third-order valence-corrected chi connectivity index (χ3v) is 4.99. The molecule has 1 aliphatic carbocycles. The van der Waals surface area contributed by atoms with Crippen LogP contribution in [-0.2, 0) is 4.74 Å². The van der Waals surface area contributed by atoms with Crippen LogP contribution >= 0.6 is 0 Å². The summed E-state index contributed by atoms with van der Waals surface area (Å²) in [6.07, 6.45) is 5.10. The number of nitrogens with two attached hydrogens (primary N) is 1. The summed E-state index contributed by atoms with van der Waals surface area (Å²) in [5.74, 6) is 1.46. The summed E-state index contributed by atoms with van der Waals surface area (Å²) in [6, 6.07) is 7.01. The lowest BCUT2D eigenvalue weighted by Crippen LogP contribution is -2.44. The van der Waals surface area contributed by atoms with Gasteiger partial charge in [-0.2, -0.15) is 0 Å². The maximum Gasteiger partial charge on any atom is 0.142 e. The van der Waals surface area contributed by atoms with Gasteiger partial charge in [-0.3, -0.25) is 4.90 Å². The van der Waals surface area contributed by atoms with Crippen LogP contribution in [0.1, 0.15) is 37.2 Å². The first-order valence-corrected chi connectivity index (χ1v) is 8.03. The molecule has 0 amide bonds. The molecule has 2 aliphatic rings. The van der Waals surface area contributed by atoms with Crippen molar-refractivity contribution in [2.45, 2.75) is 37.6 Å². The highest BCUT2D eigenvalue weighted by atomic mass is 16.5. The zero-order valence-corrected chi connectivity index (χ0v) is 12.9. The van der Waals surface area contributed by atoms with E-state index in [0.717, 1.165) is 43.8 Å². The van der Waals surface area contributed by atoms with Gasteiger partial charge in [0.25, 0.3) is 0 Å². The highest BCUT2D eigenvalue weighted by molar-refractivity contribution is 5.54. The standard InChI is InChI=1S/C17H26N2O2/c1-20-17-12-14(4-7-16(17)18)13-2-5-15(6-3-13)19-8-10-21-11-9-19/h4,7,12-13,15H,2-3,5-6,8-11,18H2,1H3/t13-,15+. The van der Waals surface area contributed by atoms with Crippen LogP contribution in [0, 0.1) is 0 Å². The minimum Gasteiger partial charge on any atom is -0.495 e. The molecule has 1 aromatic carbocycles. The minimum atomic E-state index is 0.650. The van der Waals surface area contributed by atoms with Crippen LogP contribution in [0.4, 0.5) is 5.69 Å². The van der Waals surface area contributed by atoms with Gasteiger partial charge in [-0.05, 0) is 49.3 Å². The lowest BCUT2D eigenvalue weighted by molar-refractivity contribution is 0.00729. The van der Waals surface area contributed by atoms with Gasteiger partial charge in [-0.1, -0.05) is 6.07 Å². The van der Waals surface area contributed by atoms with Crippen molar-refractivity contribution < 1.29 is 9.47 Å². The second-order valence-corrected chi connectivity index (χ2v) is 6.16. The van der Waals surface area contributed by atoms with Crippen LogP contribution < -0.4 is 10.5 Å². The number of anilines is 1. The molecule has 1 heterocycles. The molecular weight excluding hydrogens is 264 g/mol. The predicted molar refractivity (Wildman–Crippen MR) is 84.8 cm³/mol. The minimum absolute atomic E-state index is 0.650. The molecule has 1 saturated heterocycles. The molecular formula is C17H26N2O2. The van der Waals surface area contributed by atoms with Crippen molar-refractivity contribution in [3.63, 3.8) is 0 Å². The first-order valence-electron chi connectivity index (χ1n) is 8.03. The lowest BCUT2D eigenvalue weighted by Gasteiger charge is -2.39. The molecule has 4 heteroatoms. The summed E-state index contributed by atoms with van der Waals surface area (Å²) in [6.45, 7) is 4.00. The normalized spacial score (nSPS) is 27.5. The topological polar surface area (TPSA) is 47.7 Å². The zero-order chi connectivity index (χ0) is 14.7. The fraction of sp³-hybridized carbons (Fsp3) is 0.647. The van der Waals surface area contributed by atoms with Gasteiger partial charge in [0.05, 0.1) is 26.0 Å². The molecule has 0 atom stereocenters. The van der Waals surface area contributed by atoms with E-state index in [2.05, 4.69) is 17.0 Å². The number of hydrogen-bond donors (Lipinski definition) is 1. The van der Waals surface area contributed by atoms with Crippen LogP contribution in [0.25, 0.3) is 0 Å². The largest absolute Gasteiger partial charge is 0.495 e. The third-order valence-electron chi connectivity index (χ3n) is 4.99. The summed E-state index contributed by atoms with van der Waals surface area (Å²) in [5, 5.41) is 0. The Labute approximate surface area is 127 Å². The monoisotopic (exact) mass is 290 g/mol. The Balaban J connectivity index is 1.60. The van der Waals surface area contributed by atoms with E-state index in [1.54, 1.807) is 7.11 Å². The zero-order valence-electron chi connectivity index (χ0n) is 12.9. The molecule has 1 aromatic rings. The Hall–Kier alpha value is -1.26. The van der Waals surface area contributed by atoms with Gasteiger partial charge in [0.1, 0.15) is 5.75 Å². The first-order chi connectivity index (χ1) is 10.3. The molecule has 1 aliphatic heterocycles. The molecule has 116 valence electrons. The molecule has 1 saturated carbocycles. The van der Waals surface area contributed by atoms with Gasteiger partial charge >= 0.3 is 0 Å². The quantitative estimate of drug-likeness (QED) is 0.869. The Bertz CT molecular complexity index is 464. The highest BCUT2D eigenvalue weighted by Gasteiger charge is 2.27. The molecule has 0 radical (unpaired) electrons. The van der Waals surface area contributed by atoms with Gasteiger partial charge in [0.15, 0.2) is 0 Å². The fourth-order valence-corrected chi connectivity index (χ4v) is 3.70. The number of hydrogen-bond acceptors (Lipinski definition) is 4. The molecule has 0 unspecified atom stereocenters. The summed E-state index contributed by atoms with van der Waals surface area (Å²) in [4.78, 5) is 2.61. The number of methoxy groups -OCH3 is 1. The summed E-state index contributed by atoms with van der Waals surface area (Å²) >= 11 is 0. The number of benzene rings is 1. The van der Waals surface area contributed by atoms with Crippen molar-refractivity contribution in [1.29, 1.82) is 0 Å². The van der Waals surface area contributed by atoms with Crippen molar-refractivity contribution in [3.05, 3.63) is 23.8 Å². The second kappa shape index (κ2) is 6.67. The van der Waals surface area contributed by atoms with Crippen LogP contribution in [0.5, 0.6) is 5.75 Å².